The van der Waals surface area contributed by atoms with E-state index < -0.39 is 0 Å². The zero-order chi connectivity index (χ0) is 5.54. The van der Waals surface area contributed by atoms with Gasteiger partial charge in [-0.05, 0) is 27.6 Å². The summed E-state index contributed by atoms with van der Waals surface area (Å²) >= 11 is 2.16. The number of hydrogen-bond acceptors (Lipinski definition) is 2. The lowest BCUT2D eigenvalue weighted by atomic mass is 10.5. The minimum absolute atomic E-state index is 0.843. The van der Waals surface area contributed by atoms with Gasteiger partial charge in [-0.2, -0.15) is 0 Å². The molecule has 4 heteroatoms. The van der Waals surface area contributed by atoms with Gasteiger partial charge in [0.25, 0.3) is 0 Å². The Labute approximate surface area is 61.3 Å². The van der Waals surface area contributed by atoms with E-state index in [9.17, 15) is 0 Å². The zero-order valence-corrected chi connectivity index (χ0v) is 7.16. The van der Waals surface area contributed by atoms with Gasteiger partial charge in [-0.3, -0.25) is 0 Å². The summed E-state index contributed by atoms with van der Waals surface area (Å²) in [7, 11) is 1.56. The molecule has 0 fully saturated rings. The minimum atomic E-state index is 0.843. The van der Waals surface area contributed by atoms with E-state index in [0.717, 1.165) is 13.0 Å². The molecule has 0 heterocycles. The van der Waals surface area contributed by atoms with Crippen molar-refractivity contribution in [1.82, 2.24) is 0 Å². The van der Waals surface area contributed by atoms with Gasteiger partial charge in [0.2, 0.25) is 0 Å². The fourth-order valence-electron chi connectivity index (χ4n) is 0.192. The van der Waals surface area contributed by atoms with E-state index in [-0.39, 0.29) is 0 Å². The van der Waals surface area contributed by atoms with Gasteiger partial charge in [0.05, 0.1) is 0 Å². The molecular weight excluding hydrogens is 222 g/mol. The van der Waals surface area contributed by atoms with Crippen molar-refractivity contribution < 1.29 is 4.65 Å². The van der Waals surface area contributed by atoms with Crippen molar-refractivity contribution in [2.24, 2.45) is 0 Å². The number of hydrogen-bond donors (Lipinski definition) is 0. The fraction of sp³-hybridized carbons (Fsp3) is 1.00. The van der Waals surface area contributed by atoms with Crippen LogP contribution in [-0.2, 0) is 4.65 Å². The highest BCUT2D eigenvalue weighted by molar-refractivity contribution is 14.2. The first kappa shape index (κ1) is 8.10. The molecule has 0 unspecified atom stereocenters. The van der Waals surface area contributed by atoms with Crippen molar-refractivity contribution in [3.05, 3.63) is 0 Å². The van der Waals surface area contributed by atoms with Crippen LogP contribution in [0.25, 0.3) is 0 Å². The van der Waals surface area contributed by atoms with Crippen LogP contribution in [0.5, 0.6) is 0 Å². The summed E-state index contributed by atoms with van der Waals surface area (Å²) in [6, 6.07) is 0. The Bertz CT molecular complexity index is 34.1. The van der Waals surface area contributed by atoms with Crippen molar-refractivity contribution in [2.45, 2.75) is 13.3 Å². The van der Waals surface area contributed by atoms with Crippen molar-refractivity contribution in [3.63, 3.8) is 0 Å². The van der Waals surface area contributed by atoms with Gasteiger partial charge in [-0.15, -0.1) is 8.78 Å². The molecule has 7 heavy (non-hydrogen) atoms. The Balaban J connectivity index is 2.45. The molecule has 0 atom stereocenters. The van der Waals surface area contributed by atoms with Crippen LogP contribution in [0.2, 0.25) is 0 Å². The molecule has 0 aromatic heterocycles. The molecule has 0 bridgehead atoms. The van der Waals surface area contributed by atoms with Gasteiger partial charge >= 0.3 is 6.76 Å². The van der Waals surface area contributed by atoms with Crippen LogP contribution in [0.15, 0.2) is 0 Å². The normalized spacial score (nSPS) is 8.86. The molecule has 0 amide bonds. The van der Waals surface area contributed by atoms with Crippen LogP contribution < -0.4 is 0 Å². The summed E-state index contributed by atoms with van der Waals surface area (Å²) in [6.45, 7) is 4.67. The minimum Gasteiger partial charge on any atom is -0.428 e. The second-order valence-corrected chi connectivity index (χ2v) is 2.95. The van der Waals surface area contributed by atoms with Gasteiger partial charge in [-0.1, -0.05) is 6.92 Å². The maximum atomic E-state index is 4.96. The first-order chi connectivity index (χ1) is 3.41. The fourth-order valence-corrected chi connectivity index (χ4v) is 0.780. The number of rotatable bonds is 4. The zero-order valence-electron chi connectivity index (χ0n) is 4.19. The Hall–Kier alpha value is 1.10. The summed E-state index contributed by atoms with van der Waals surface area (Å²) in [5.74, 6) is 0. The predicted octanol–water partition coefficient (Wildman–Crippen LogP) is 2.03. The summed E-state index contributed by atoms with van der Waals surface area (Å²) in [5.41, 5.74) is 0. The quantitative estimate of drug-likeness (QED) is 0.414. The van der Waals surface area contributed by atoms with Gasteiger partial charge in [0.1, 0.15) is 0 Å². The lowest BCUT2D eigenvalue weighted by Crippen LogP contribution is -1.92. The summed E-state index contributed by atoms with van der Waals surface area (Å²) in [6.07, 6.45) is 1.09. The third kappa shape index (κ3) is 7.10. The maximum absolute atomic E-state index is 4.96. The van der Waals surface area contributed by atoms with E-state index in [1.54, 1.807) is 15.5 Å². The largest absolute Gasteiger partial charge is 0.428 e. The molecule has 0 N–H and O–H groups in total. The molecular formula is C3H7BIOS. The molecule has 0 rings (SSSR count). The average Bonchev–Trinajstić information content (AvgIpc) is 1.69. The smallest absolute Gasteiger partial charge is 0.382 e. The van der Waals surface area contributed by atoms with Crippen molar-refractivity contribution >= 4 is 36.8 Å². The molecule has 0 aliphatic rings. The Morgan fingerprint density at radius 3 is 3.00 bits per heavy atom. The third-order valence-corrected chi connectivity index (χ3v) is 1.26. The van der Waals surface area contributed by atoms with Gasteiger partial charge < -0.3 is 4.65 Å². The van der Waals surface area contributed by atoms with E-state index in [1.807, 2.05) is 0 Å². The van der Waals surface area contributed by atoms with E-state index in [2.05, 4.69) is 28.1 Å². The van der Waals surface area contributed by atoms with Gasteiger partial charge in [-0.25, -0.2) is 0 Å². The Morgan fingerprint density at radius 2 is 2.57 bits per heavy atom. The molecule has 1 radical (unpaired) electrons. The third-order valence-electron chi connectivity index (χ3n) is 0.426. The first-order valence-electron chi connectivity index (χ1n) is 2.12. The van der Waals surface area contributed by atoms with Crippen molar-refractivity contribution in [3.8, 4) is 0 Å². The first-order valence-corrected chi connectivity index (χ1v) is 5.54. The maximum Gasteiger partial charge on any atom is 0.382 e. The summed E-state index contributed by atoms with van der Waals surface area (Å²) in [4.78, 5) is 0. The van der Waals surface area contributed by atoms with Crippen molar-refractivity contribution in [2.75, 3.05) is 6.61 Å². The number of halogens is 1. The van der Waals surface area contributed by atoms with Gasteiger partial charge in [0.15, 0.2) is 0 Å². The Kier molecular flexibility index (Phi) is 8.23. The van der Waals surface area contributed by atoms with Gasteiger partial charge in [0, 0.05) is 6.61 Å². The highest BCUT2D eigenvalue weighted by Crippen LogP contribution is 2.06. The van der Waals surface area contributed by atoms with E-state index in [4.69, 9.17) is 4.65 Å². The molecule has 0 aromatic rings. The van der Waals surface area contributed by atoms with Crippen LogP contribution in [0.3, 0.4) is 0 Å². The van der Waals surface area contributed by atoms with E-state index in [1.165, 1.54) is 0 Å². The standard InChI is InChI=1S/C3H7BIOS/c1-2-3-6-4-7-5/h2-3H2,1H3. The second-order valence-electron chi connectivity index (χ2n) is 1.06. The molecule has 0 aliphatic heterocycles. The monoisotopic (exact) mass is 229 g/mol. The molecule has 1 nitrogen and oxygen atoms in total. The molecule has 0 saturated heterocycles. The molecule has 0 saturated carbocycles. The molecule has 0 aliphatic carbocycles. The average molecular weight is 229 g/mol. The second kappa shape index (κ2) is 7.10. The SMILES string of the molecule is CCCO[B]SI. The lowest BCUT2D eigenvalue weighted by molar-refractivity contribution is 0.346. The topological polar surface area (TPSA) is 9.23 Å². The highest BCUT2D eigenvalue weighted by atomic mass is 127. The predicted molar refractivity (Wildman–Crippen MR) is 43.6 cm³/mol. The van der Waals surface area contributed by atoms with E-state index in [0.29, 0.717) is 0 Å². The van der Waals surface area contributed by atoms with E-state index >= 15 is 0 Å². The summed E-state index contributed by atoms with van der Waals surface area (Å²) in [5, 5.41) is 0. The van der Waals surface area contributed by atoms with Crippen LogP contribution >= 0.6 is 30.0 Å². The lowest BCUT2D eigenvalue weighted by Gasteiger charge is -1.92. The summed E-state index contributed by atoms with van der Waals surface area (Å²) < 4.78 is 4.96. The molecule has 0 aromatic carbocycles. The highest BCUT2D eigenvalue weighted by Gasteiger charge is 1.84. The molecule has 41 valence electrons. The van der Waals surface area contributed by atoms with Crippen LogP contribution in [0, 0.1) is 0 Å². The van der Waals surface area contributed by atoms with Crippen LogP contribution in [-0.4, -0.2) is 13.4 Å². The Morgan fingerprint density at radius 1 is 1.86 bits per heavy atom. The van der Waals surface area contributed by atoms with Crippen LogP contribution in [0.4, 0.5) is 0 Å². The van der Waals surface area contributed by atoms with Crippen molar-refractivity contribution in [1.29, 1.82) is 0 Å². The van der Waals surface area contributed by atoms with Crippen LogP contribution in [0.1, 0.15) is 13.3 Å². The molecule has 0 spiro atoms.